The molecule has 0 fully saturated rings. The molecule has 1 amide bonds. The lowest BCUT2D eigenvalue weighted by molar-refractivity contribution is -0.124. The Balaban J connectivity index is 2.22. The minimum absolute atomic E-state index is 0.0464. The predicted molar refractivity (Wildman–Crippen MR) is 67.4 cm³/mol. The van der Waals surface area contributed by atoms with E-state index in [-0.39, 0.29) is 11.8 Å². The van der Waals surface area contributed by atoms with Gasteiger partial charge in [-0.15, -0.1) is 0 Å². The molecule has 0 radical (unpaired) electrons. The molecule has 1 unspecified atom stereocenters. The lowest BCUT2D eigenvalue weighted by Crippen LogP contribution is -2.31. The summed E-state index contributed by atoms with van der Waals surface area (Å²) in [5.74, 6) is 0.158. The van der Waals surface area contributed by atoms with Crippen LogP contribution in [-0.4, -0.2) is 28.8 Å². The molecule has 1 heterocycles. The van der Waals surface area contributed by atoms with Crippen molar-refractivity contribution >= 4 is 5.91 Å². The third-order valence-corrected chi connectivity index (χ3v) is 2.89. The van der Waals surface area contributed by atoms with Crippen LogP contribution in [0.3, 0.4) is 0 Å². The summed E-state index contributed by atoms with van der Waals surface area (Å²) in [5, 5.41) is 7.02. The van der Waals surface area contributed by atoms with Crippen LogP contribution in [0.4, 0.5) is 0 Å². The number of nitrogens with two attached hydrogens (primary N) is 1. The van der Waals surface area contributed by atoms with Gasteiger partial charge in [0.2, 0.25) is 5.91 Å². The molecule has 0 saturated heterocycles. The molecule has 1 atom stereocenters. The van der Waals surface area contributed by atoms with E-state index in [1.165, 1.54) is 0 Å². The van der Waals surface area contributed by atoms with Crippen LogP contribution in [-0.2, 0) is 18.3 Å². The zero-order valence-electron chi connectivity index (χ0n) is 10.6. The molecule has 1 aromatic rings. The maximum atomic E-state index is 11.7. The first-order valence-corrected chi connectivity index (χ1v) is 6.09. The summed E-state index contributed by atoms with van der Waals surface area (Å²) in [6, 6.07) is 1.96. The number of aromatic nitrogens is 2. The smallest absolute Gasteiger partial charge is 0.222 e. The second-order valence-electron chi connectivity index (χ2n) is 4.32. The molecule has 1 rings (SSSR count). The molecule has 0 aliphatic rings. The SMILES string of the molecule is CC(CCCN)C(=O)NCCc1ccnn1C. The molecule has 17 heavy (non-hydrogen) atoms. The molecule has 0 aromatic carbocycles. The number of aryl methyl sites for hydroxylation is 1. The van der Waals surface area contributed by atoms with Gasteiger partial charge >= 0.3 is 0 Å². The summed E-state index contributed by atoms with van der Waals surface area (Å²) in [6.45, 7) is 3.24. The number of carbonyl (C=O) groups is 1. The highest BCUT2D eigenvalue weighted by molar-refractivity contribution is 5.78. The van der Waals surface area contributed by atoms with Crippen LogP contribution in [0.1, 0.15) is 25.5 Å². The number of nitrogens with zero attached hydrogens (tertiary/aromatic N) is 2. The van der Waals surface area contributed by atoms with Gasteiger partial charge in [0.05, 0.1) is 0 Å². The Morgan fingerprint density at radius 1 is 1.65 bits per heavy atom. The number of rotatable bonds is 7. The number of hydrogen-bond donors (Lipinski definition) is 2. The standard InChI is InChI=1S/C12H22N4O/c1-10(4-3-7-13)12(17)14-8-5-11-6-9-15-16(11)2/h6,9-10H,3-5,7-8,13H2,1-2H3,(H,14,17). The van der Waals surface area contributed by atoms with Gasteiger partial charge in [0.25, 0.3) is 0 Å². The molecule has 0 saturated carbocycles. The van der Waals surface area contributed by atoms with Crippen LogP contribution in [0.5, 0.6) is 0 Å². The lowest BCUT2D eigenvalue weighted by Gasteiger charge is -2.11. The average Bonchev–Trinajstić information content (AvgIpc) is 2.72. The summed E-state index contributed by atoms with van der Waals surface area (Å²) in [5.41, 5.74) is 6.54. The Hall–Kier alpha value is -1.36. The van der Waals surface area contributed by atoms with E-state index in [0.717, 1.165) is 25.0 Å². The second-order valence-corrected chi connectivity index (χ2v) is 4.32. The van der Waals surface area contributed by atoms with E-state index >= 15 is 0 Å². The van der Waals surface area contributed by atoms with Crippen LogP contribution >= 0.6 is 0 Å². The van der Waals surface area contributed by atoms with E-state index < -0.39 is 0 Å². The fraction of sp³-hybridized carbons (Fsp3) is 0.667. The van der Waals surface area contributed by atoms with Gasteiger partial charge in [0.15, 0.2) is 0 Å². The molecule has 0 aliphatic carbocycles. The first kappa shape index (κ1) is 13.7. The minimum Gasteiger partial charge on any atom is -0.355 e. The van der Waals surface area contributed by atoms with Crippen LogP contribution in [0.25, 0.3) is 0 Å². The fourth-order valence-corrected chi connectivity index (χ4v) is 1.69. The van der Waals surface area contributed by atoms with Gasteiger partial charge in [-0.1, -0.05) is 6.92 Å². The van der Waals surface area contributed by atoms with Crippen molar-refractivity contribution < 1.29 is 4.79 Å². The van der Waals surface area contributed by atoms with E-state index in [1.807, 2.05) is 24.7 Å². The third-order valence-electron chi connectivity index (χ3n) is 2.89. The second kappa shape index (κ2) is 7.06. The Kier molecular flexibility index (Phi) is 5.69. The molecule has 3 N–H and O–H groups in total. The average molecular weight is 238 g/mol. The lowest BCUT2D eigenvalue weighted by atomic mass is 10.0. The van der Waals surface area contributed by atoms with Crippen molar-refractivity contribution in [2.45, 2.75) is 26.2 Å². The maximum absolute atomic E-state index is 11.7. The highest BCUT2D eigenvalue weighted by Gasteiger charge is 2.11. The largest absolute Gasteiger partial charge is 0.355 e. The summed E-state index contributed by atoms with van der Waals surface area (Å²) < 4.78 is 1.82. The normalized spacial score (nSPS) is 12.4. The molecule has 0 aliphatic heterocycles. The van der Waals surface area contributed by atoms with Gasteiger partial charge in [-0.2, -0.15) is 5.10 Å². The number of hydrogen-bond acceptors (Lipinski definition) is 3. The third kappa shape index (κ3) is 4.56. The van der Waals surface area contributed by atoms with Gasteiger partial charge in [-0.05, 0) is 25.5 Å². The monoisotopic (exact) mass is 238 g/mol. The zero-order chi connectivity index (χ0) is 12.7. The summed E-state index contributed by atoms with van der Waals surface area (Å²) >= 11 is 0. The molecular formula is C12H22N4O. The van der Waals surface area contributed by atoms with Crippen LogP contribution in [0, 0.1) is 5.92 Å². The molecule has 1 aromatic heterocycles. The summed E-state index contributed by atoms with van der Waals surface area (Å²) in [4.78, 5) is 11.7. The molecule has 5 heteroatoms. The van der Waals surface area contributed by atoms with Crippen LogP contribution in [0.15, 0.2) is 12.3 Å². The highest BCUT2D eigenvalue weighted by Crippen LogP contribution is 2.04. The fourth-order valence-electron chi connectivity index (χ4n) is 1.69. The van der Waals surface area contributed by atoms with Crippen LogP contribution in [0.2, 0.25) is 0 Å². The van der Waals surface area contributed by atoms with Crippen molar-refractivity contribution in [2.75, 3.05) is 13.1 Å². The molecule has 0 bridgehead atoms. The van der Waals surface area contributed by atoms with E-state index in [0.29, 0.717) is 13.1 Å². The summed E-state index contributed by atoms with van der Waals surface area (Å²) in [7, 11) is 1.90. The predicted octanol–water partition coefficient (Wildman–Crippen LogP) is 0.454. The van der Waals surface area contributed by atoms with Gasteiger partial charge in [0, 0.05) is 37.8 Å². The topological polar surface area (TPSA) is 72.9 Å². The molecular weight excluding hydrogens is 216 g/mol. The van der Waals surface area contributed by atoms with Crippen molar-refractivity contribution in [3.8, 4) is 0 Å². The van der Waals surface area contributed by atoms with Crippen molar-refractivity contribution in [3.63, 3.8) is 0 Å². The Morgan fingerprint density at radius 2 is 2.41 bits per heavy atom. The number of carbonyl (C=O) groups excluding carboxylic acids is 1. The van der Waals surface area contributed by atoms with Crippen molar-refractivity contribution in [3.05, 3.63) is 18.0 Å². The zero-order valence-corrected chi connectivity index (χ0v) is 10.6. The van der Waals surface area contributed by atoms with Gasteiger partial charge in [-0.3, -0.25) is 9.48 Å². The van der Waals surface area contributed by atoms with Gasteiger partial charge in [0.1, 0.15) is 0 Å². The van der Waals surface area contributed by atoms with E-state index in [9.17, 15) is 4.79 Å². The highest BCUT2D eigenvalue weighted by atomic mass is 16.1. The number of nitrogens with one attached hydrogen (secondary N) is 1. The Bertz CT molecular complexity index is 348. The molecule has 5 nitrogen and oxygen atoms in total. The first-order chi connectivity index (χ1) is 8.15. The van der Waals surface area contributed by atoms with Crippen molar-refractivity contribution in [1.82, 2.24) is 15.1 Å². The van der Waals surface area contributed by atoms with Crippen molar-refractivity contribution in [2.24, 2.45) is 18.7 Å². The maximum Gasteiger partial charge on any atom is 0.222 e. The van der Waals surface area contributed by atoms with Gasteiger partial charge < -0.3 is 11.1 Å². The van der Waals surface area contributed by atoms with E-state index in [2.05, 4.69) is 10.4 Å². The Morgan fingerprint density at radius 3 is 3.00 bits per heavy atom. The van der Waals surface area contributed by atoms with Crippen LogP contribution < -0.4 is 11.1 Å². The molecule has 0 spiro atoms. The minimum atomic E-state index is 0.0464. The van der Waals surface area contributed by atoms with E-state index in [4.69, 9.17) is 5.73 Å². The number of amides is 1. The van der Waals surface area contributed by atoms with Gasteiger partial charge in [-0.25, -0.2) is 0 Å². The van der Waals surface area contributed by atoms with Crippen molar-refractivity contribution in [1.29, 1.82) is 0 Å². The van der Waals surface area contributed by atoms with E-state index in [1.54, 1.807) is 6.20 Å². The first-order valence-electron chi connectivity index (χ1n) is 6.09. The Labute approximate surface area is 102 Å². The molecule has 96 valence electrons. The summed E-state index contributed by atoms with van der Waals surface area (Å²) in [6.07, 6.45) is 4.33. The quantitative estimate of drug-likeness (QED) is 0.724.